The van der Waals surface area contributed by atoms with E-state index in [-0.39, 0.29) is 0 Å². The van der Waals surface area contributed by atoms with Gasteiger partial charge in [-0.3, -0.25) is 4.57 Å². The molecule has 27 heavy (non-hydrogen) atoms. The molecule has 0 aliphatic rings. The molecule has 0 saturated heterocycles. The van der Waals surface area contributed by atoms with Crippen LogP contribution in [0.2, 0.25) is 0 Å². The van der Waals surface area contributed by atoms with Gasteiger partial charge in [0.1, 0.15) is 0 Å². The summed E-state index contributed by atoms with van der Waals surface area (Å²) in [5, 5.41) is 12.2. The van der Waals surface area contributed by atoms with Crippen molar-refractivity contribution < 1.29 is 9.67 Å². The van der Waals surface area contributed by atoms with Gasteiger partial charge in [-0.05, 0) is 36.9 Å². The van der Waals surface area contributed by atoms with Crippen molar-refractivity contribution in [2.24, 2.45) is 0 Å². The van der Waals surface area contributed by atoms with Gasteiger partial charge in [0, 0.05) is 10.6 Å². The molecule has 0 spiro atoms. The van der Waals surface area contributed by atoms with Gasteiger partial charge in [-0.15, -0.1) is 6.58 Å². The molecule has 0 heterocycles. The second-order valence-corrected chi connectivity index (χ2v) is 9.22. The number of aliphatic hydroxyl groups is 1. The molecule has 3 aromatic carbocycles. The molecule has 0 radical (unpaired) electrons. The molecule has 0 aliphatic carbocycles. The highest BCUT2D eigenvalue weighted by Crippen LogP contribution is 2.51. The minimum Gasteiger partial charge on any atom is -0.387 e. The molecule has 2 atom stereocenters. The molecule has 0 fully saturated rings. The van der Waals surface area contributed by atoms with Crippen molar-refractivity contribution in [1.29, 1.82) is 0 Å². The summed E-state index contributed by atoms with van der Waals surface area (Å²) in [6.45, 7) is 3.75. The lowest BCUT2D eigenvalue weighted by molar-refractivity contribution is 0.139. The van der Waals surface area contributed by atoms with Crippen molar-refractivity contribution in [1.82, 2.24) is 4.67 Å². The molecule has 4 heteroatoms. The summed E-state index contributed by atoms with van der Waals surface area (Å²) in [6.07, 6.45) is 0.632. The van der Waals surface area contributed by atoms with Crippen LogP contribution in [0.5, 0.6) is 0 Å². The molecule has 3 aromatic rings. The number of aliphatic hydroxyl groups excluding tert-OH is 1. The SMILES string of the molecule is C=CC(O)[C@@H](c1ccccc1)N(C)P(=O)(c1ccccc1)c1ccccc1. The van der Waals surface area contributed by atoms with Crippen LogP contribution in [-0.2, 0) is 4.57 Å². The highest BCUT2D eigenvalue weighted by molar-refractivity contribution is 7.76. The van der Waals surface area contributed by atoms with Gasteiger partial charge in [0.05, 0.1) is 12.1 Å². The molecule has 0 aliphatic heterocycles. The lowest BCUT2D eigenvalue weighted by Gasteiger charge is -2.37. The quantitative estimate of drug-likeness (QED) is 0.497. The largest absolute Gasteiger partial charge is 0.387 e. The Morgan fingerprint density at radius 3 is 1.67 bits per heavy atom. The minimum atomic E-state index is -3.18. The Bertz CT molecular complexity index is 869. The van der Waals surface area contributed by atoms with Gasteiger partial charge in [-0.2, -0.15) is 0 Å². The molecule has 3 rings (SSSR count). The van der Waals surface area contributed by atoms with Gasteiger partial charge in [-0.25, -0.2) is 4.67 Å². The summed E-state index contributed by atoms with van der Waals surface area (Å²) in [7, 11) is -1.37. The summed E-state index contributed by atoms with van der Waals surface area (Å²) in [4.78, 5) is 0. The van der Waals surface area contributed by atoms with E-state index in [4.69, 9.17) is 0 Å². The first-order valence-corrected chi connectivity index (χ1v) is 10.5. The number of benzene rings is 3. The Morgan fingerprint density at radius 2 is 1.26 bits per heavy atom. The maximum absolute atomic E-state index is 14.5. The number of likely N-dealkylation sites (N-methyl/N-ethyl adjacent to an activating group) is 1. The highest BCUT2D eigenvalue weighted by atomic mass is 31.2. The van der Waals surface area contributed by atoms with E-state index in [0.29, 0.717) is 0 Å². The zero-order chi connectivity index (χ0) is 19.3. The van der Waals surface area contributed by atoms with Crippen LogP contribution in [0.3, 0.4) is 0 Å². The molecule has 138 valence electrons. The smallest absolute Gasteiger partial charge is 0.207 e. The van der Waals surface area contributed by atoms with Crippen molar-refractivity contribution in [2.45, 2.75) is 12.1 Å². The maximum atomic E-state index is 14.5. The van der Waals surface area contributed by atoms with Crippen molar-refractivity contribution in [3.63, 3.8) is 0 Å². The maximum Gasteiger partial charge on any atom is 0.207 e. The Morgan fingerprint density at radius 1 is 0.852 bits per heavy atom. The van der Waals surface area contributed by atoms with Gasteiger partial charge in [0.25, 0.3) is 0 Å². The van der Waals surface area contributed by atoms with Crippen LogP contribution in [0, 0.1) is 0 Å². The second kappa shape index (κ2) is 8.49. The highest BCUT2D eigenvalue weighted by Gasteiger charge is 2.39. The Kier molecular flexibility index (Phi) is 6.08. The monoisotopic (exact) mass is 377 g/mol. The lowest BCUT2D eigenvalue weighted by Crippen LogP contribution is -2.37. The number of rotatable bonds is 7. The summed E-state index contributed by atoms with van der Waals surface area (Å²) in [5.41, 5.74) is 0.888. The van der Waals surface area contributed by atoms with Gasteiger partial charge in [-0.1, -0.05) is 72.8 Å². The standard InChI is InChI=1S/C23H24NO2P/c1-3-22(25)23(19-13-7-4-8-14-19)24(2)27(26,20-15-9-5-10-16-20)21-17-11-6-12-18-21/h3-18,22-23,25H,1H2,2H3/t22?,23-/m1/s1. The predicted molar refractivity (Wildman–Crippen MR) is 113 cm³/mol. The summed E-state index contributed by atoms with van der Waals surface area (Å²) in [5.74, 6) is 0. The summed E-state index contributed by atoms with van der Waals surface area (Å²) >= 11 is 0. The first-order chi connectivity index (χ1) is 13.1. The fourth-order valence-electron chi connectivity index (χ4n) is 3.36. The number of hydrogen-bond donors (Lipinski definition) is 1. The van der Waals surface area contributed by atoms with Gasteiger partial charge >= 0.3 is 0 Å². The van der Waals surface area contributed by atoms with Crippen LogP contribution in [0.15, 0.2) is 104 Å². The van der Waals surface area contributed by atoms with Crippen molar-refractivity contribution in [2.75, 3.05) is 7.05 Å². The van der Waals surface area contributed by atoms with Gasteiger partial charge in [0.15, 0.2) is 0 Å². The van der Waals surface area contributed by atoms with Crippen LogP contribution in [0.25, 0.3) is 0 Å². The van der Waals surface area contributed by atoms with Crippen LogP contribution in [-0.4, -0.2) is 22.9 Å². The van der Waals surface area contributed by atoms with E-state index >= 15 is 0 Å². The Balaban J connectivity index is 2.19. The molecular formula is C23H24NO2P. The third kappa shape index (κ3) is 3.81. The van der Waals surface area contributed by atoms with Crippen LogP contribution < -0.4 is 10.6 Å². The van der Waals surface area contributed by atoms with E-state index in [1.165, 1.54) is 6.08 Å². The molecule has 1 unspecified atom stereocenters. The fourth-order valence-corrected chi connectivity index (χ4v) is 6.16. The average Bonchev–Trinajstić information content (AvgIpc) is 2.75. The predicted octanol–water partition coefficient (Wildman–Crippen LogP) is 4.14. The summed E-state index contributed by atoms with van der Waals surface area (Å²) < 4.78 is 16.3. The van der Waals surface area contributed by atoms with E-state index in [9.17, 15) is 9.67 Å². The number of hydrogen-bond acceptors (Lipinski definition) is 2. The Labute approximate surface area is 161 Å². The fraction of sp³-hybridized carbons (Fsp3) is 0.130. The minimum absolute atomic E-state index is 0.491. The third-order valence-electron chi connectivity index (χ3n) is 4.77. The van der Waals surface area contributed by atoms with E-state index < -0.39 is 19.4 Å². The normalized spacial score (nSPS) is 13.9. The van der Waals surface area contributed by atoms with E-state index in [0.717, 1.165) is 16.2 Å². The molecule has 0 aromatic heterocycles. The van der Waals surface area contributed by atoms with Crippen LogP contribution in [0.1, 0.15) is 11.6 Å². The van der Waals surface area contributed by atoms with Crippen molar-refractivity contribution in [3.05, 3.63) is 109 Å². The first kappa shape index (κ1) is 19.3. The number of nitrogens with zero attached hydrogens (tertiary/aromatic N) is 1. The molecule has 3 nitrogen and oxygen atoms in total. The molecule has 0 saturated carbocycles. The van der Waals surface area contributed by atoms with Crippen LogP contribution in [0.4, 0.5) is 0 Å². The van der Waals surface area contributed by atoms with Gasteiger partial charge < -0.3 is 5.11 Å². The second-order valence-electron chi connectivity index (χ2n) is 6.40. The van der Waals surface area contributed by atoms with E-state index in [1.54, 1.807) is 4.67 Å². The van der Waals surface area contributed by atoms with Crippen molar-refractivity contribution in [3.8, 4) is 0 Å². The van der Waals surface area contributed by atoms with E-state index in [2.05, 4.69) is 6.58 Å². The average molecular weight is 377 g/mol. The zero-order valence-corrected chi connectivity index (χ0v) is 16.2. The van der Waals surface area contributed by atoms with Gasteiger partial charge in [0.2, 0.25) is 7.29 Å². The topological polar surface area (TPSA) is 40.5 Å². The Hall–Kier alpha value is -2.45. The van der Waals surface area contributed by atoms with Crippen LogP contribution >= 0.6 is 7.29 Å². The third-order valence-corrected chi connectivity index (χ3v) is 7.90. The molecular weight excluding hydrogens is 353 g/mol. The van der Waals surface area contributed by atoms with Crippen molar-refractivity contribution >= 4 is 17.9 Å². The lowest BCUT2D eigenvalue weighted by atomic mass is 10.0. The van der Waals surface area contributed by atoms with E-state index in [1.807, 2.05) is 98.0 Å². The molecule has 1 N–H and O–H groups in total. The molecule has 0 amide bonds. The molecule has 0 bridgehead atoms. The zero-order valence-electron chi connectivity index (χ0n) is 15.3. The first-order valence-electron chi connectivity index (χ1n) is 8.89. The summed E-state index contributed by atoms with van der Waals surface area (Å²) in [6, 6.07) is 28.0.